The topological polar surface area (TPSA) is 98.4 Å². The Morgan fingerprint density at radius 2 is 1.54 bits per heavy atom. The minimum Gasteiger partial charge on any atom is -0.274 e. The highest BCUT2D eigenvalue weighted by molar-refractivity contribution is 7.22. The molecule has 9 rings (SSSR count). The fourth-order valence-electron chi connectivity index (χ4n) is 7.16. The molecule has 1 N–H and O–H groups in total. The zero-order chi connectivity index (χ0) is 27.7. The molecule has 2 heterocycles. The summed E-state index contributed by atoms with van der Waals surface area (Å²) in [5, 5.41) is 15.2. The highest BCUT2D eigenvalue weighted by atomic mass is 32.1. The maximum absolute atomic E-state index is 14.5. The number of anilines is 2. The fourth-order valence-corrected chi connectivity index (χ4v) is 7.98. The molecule has 5 aromatic rings. The van der Waals surface area contributed by atoms with E-state index in [1.807, 2.05) is 60.7 Å². The largest absolute Gasteiger partial charge is 0.274 e. The van der Waals surface area contributed by atoms with Gasteiger partial charge in [0.1, 0.15) is 6.07 Å². The number of amides is 2. The highest BCUT2D eigenvalue weighted by Gasteiger charge is 2.68. The lowest BCUT2D eigenvalue weighted by molar-refractivity contribution is -0.122. The summed E-state index contributed by atoms with van der Waals surface area (Å²) in [4.78, 5) is 34.7. The van der Waals surface area contributed by atoms with E-state index < -0.39 is 17.3 Å². The van der Waals surface area contributed by atoms with Gasteiger partial charge in [0.25, 0.3) is 0 Å². The minimum atomic E-state index is -1.00. The van der Waals surface area contributed by atoms with Crippen molar-refractivity contribution in [2.24, 2.45) is 16.9 Å². The van der Waals surface area contributed by atoms with Gasteiger partial charge in [-0.25, -0.2) is 9.88 Å². The van der Waals surface area contributed by atoms with E-state index in [4.69, 9.17) is 5.10 Å². The van der Waals surface area contributed by atoms with E-state index in [0.717, 1.165) is 32.5 Å². The third kappa shape index (κ3) is 3.12. The van der Waals surface area contributed by atoms with Gasteiger partial charge in [-0.05, 0) is 46.5 Å². The lowest BCUT2D eigenvalue weighted by Crippen LogP contribution is -2.54. The van der Waals surface area contributed by atoms with E-state index in [2.05, 4.69) is 28.6 Å². The predicted molar refractivity (Wildman–Crippen MR) is 158 cm³/mol. The molecule has 1 aromatic heterocycles. The monoisotopic (exact) mass is 551 g/mol. The Morgan fingerprint density at radius 1 is 0.878 bits per heavy atom. The minimum absolute atomic E-state index is 0.282. The van der Waals surface area contributed by atoms with Gasteiger partial charge in [-0.3, -0.25) is 15.0 Å². The molecule has 4 aliphatic rings. The third-order valence-electron chi connectivity index (χ3n) is 8.67. The second kappa shape index (κ2) is 8.68. The standard InChI is InChI=1S/C33H21N5O2S/c34-17-19-9-1-7-15-25(19)38-30(39)28-27-20-10-2-4-12-22(20)33(29(28)31(38)40,23-13-5-3-11-21(23)27)18-35-37-32-36-24-14-6-8-16-26(24)41-32/h1-16,18,27-29H,(H,36,37)/b35-18-/t27?,28-,29-,33?/m1/s1. The molecular weight excluding hydrogens is 530 g/mol. The molecule has 0 radical (unpaired) electrons. The van der Waals surface area contributed by atoms with E-state index in [-0.39, 0.29) is 23.3 Å². The number of hydrogen-bond acceptors (Lipinski definition) is 7. The molecule has 2 atom stereocenters. The zero-order valence-corrected chi connectivity index (χ0v) is 22.4. The summed E-state index contributed by atoms with van der Waals surface area (Å²) < 4.78 is 1.04. The molecule has 4 aromatic carbocycles. The smallest absolute Gasteiger partial charge is 0.239 e. The number of aromatic nitrogens is 1. The number of nitriles is 1. The van der Waals surface area contributed by atoms with E-state index in [1.165, 1.54) is 16.2 Å². The van der Waals surface area contributed by atoms with Gasteiger partial charge in [0, 0.05) is 12.1 Å². The zero-order valence-electron chi connectivity index (χ0n) is 21.6. The Morgan fingerprint density at radius 3 is 2.27 bits per heavy atom. The molecule has 0 unspecified atom stereocenters. The summed E-state index contributed by atoms with van der Waals surface area (Å²) in [6.45, 7) is 0. The number of nitrogens with zero attached hydrogens (tertiary/aromatic N) is 4. The van der Waals surface area contributed by atoms with Crippen LogP contribution in [0.3, 0.4) is 0 Å². The number of rotatable bonds is 4. The van der Waals surface area contributed by atoms with Crippen LogP contribution in [0.1, 0.15) is 33.7 Å². The molecule has 196 valence electrons. The Kier molecular flexibility index (Phi) is 5.03. The summed E-state index contributed by atoms with van der Waals surface area (Å²) in [5.74, 6) is -2.24. The molecule has 1 aliphatic heterocycles. The molecule has 8 heteroatoms. The van der Waals surface area contributed by atoms with Crippen molar-refractivity contribution in [3.8, 4) is 6.07 Å². The van der Waals surface area contributed by atoms with Crippen LogP contribution in [0.15, 0.2) is 102 Å². The first-order chi connectivity index (χ1) is 20.1. The van der Waals surface area contributed by atoms with Gasteiger partial charge in [0.2, 0.25) is 16.9 Å². The summed E-state index contributed by atoms with van der Waals surface area (Å²) in [7, 11) is 0. The summed E-state index contributed by atoms with van der Waals surface area (Å²) >= 11 is 1.50. The number of imide groups is 1. The van der Waals surface area contributed by atoms with Crippen molar-refractivity contribution in [3.63, 3.8) is 0 Å². The summed E-state index contributed by atoms with van der Waals surface area (Å²) in [6, 6.07) is 32.9. The number of hydrogen-bond donors (Lipinski definition) is 1. The van der Waals surface area contributed by atoms with Crippen LogP contribution in [0.5, 0.6) is 0 Å². The van der Waals surface area contributed by atoms with Crippen LogP contribution in [-0.2, 0) is 15.0 Å². The second-order valence-corrected chi connectivity index (χ2v) is 11.6. The Balaban J connectivity index is 1.33. The first kappa shape index (κ1) is 23.7. The quantitative estimate of drug-likeness (QED) is 0.173. The van der Waals surface area contributed by atoms with Crippen molar-refractivity contribution >= 4 is 50.4 Å². The van der Waals surface area contributed by atoms with Crippen LogP contribution in [0.4, 0.5) is 10.8 Å². The maximum Gasteiger partial charge on any atom is 0.239 e. The molecule has 0 spiro atoms. The third-order valence-corrected chi connectivity index (χ3v) is 9.61. The average Bonchev–Trinajstić information content (AvgIpc) is 3.55. The van der Waals surface area contributed by atoms with Crippen molar-refractivity contribution in [2.45, 2.75) is 11.3 Å². The van der Waals surface area contributed by atoms with Gasteiger partial charge < -0.3 is 0 Å². The number of hydrazone groups is 1. The molecule has 7 nitrogen and oxygen atoms in total. The Hall–Kier alpha value is -5.13. The predicted octanol–water partition coefficient (Wildman–Crippen LogP) is 5.82. The van der Waals surface area contributed by atoms with Crippen molar-refractivity contribution in [2.75, 3.05) is 10.3 Å². The van der Waals surface area contributed by atoms with Gasteiger partial charge in [0.05, 0.1) is 38.7 Å². The first-order valence-corrected chi connectivity index (χ1v) is 14.2. The van der Waals surface area contributed by atoms with Crippen LogP contribution < -0.4 is 10.3 Å². The average molecular weight is 552 g/mol. The van der Waals surface area contributed by atoms with Crippen LogP contribution >= 0.6 is 11.3 Å². The molecule has 2 amide bonds. The number of carbonyl (C=O) groups is 2. The molecular formula is C33H21N5O2S. The van der Waals surface area contributed by atoms with E-state index in [1.54, 1.807) is 30.5 Å². The lowest BCUT2D eigenvalue weighted by Gasteiger charge is -2.52. The van der Waals surface area contributed by atoms with Crippen molar-refractivity contribution in [1.29, 1.82) is 5.26 Å². The van der Waals surface area contributed by atoms with Crippen LogP contribution in [-0.4, -0.2) is 23.0 Å². The lowest BCUT2D eigenvalue weighted by atomic mass is 9.47. The summed E-state index contributed by atoms with van der Waals surface area (Å²) in [6.07, 6.45) is 1.80. The van der Waals surface area contributed by atoms with Crippen LogP contribution in [0, 0.1) is 23.2 Å². The molecule has 2 bridgehead atoms. The molecule has 41 heavy (non-hydrogen) atoms. The van der Waals surface area contributed by atoms with Crippen LogP contribution in [0.2, 0.25) is 0 Å². The normalized spacial score (nSPS) is 23.9. The number of benzene rings is 4. The highest BCUT2D eigenvalue weighted by Crippen LogP contribution is 2.63. The number of carbonyl (C=O) groups excluding carboxylic acids is 2. The van der Waals surface area contributed by atoms with Crippen LogP contribution in [0.25, 0.3) is 10.2 Å². The van der Waals surface area contributed by atoms with Gasteiger partial charge in [-0.15, -0.1) is 0 Å². The van der Waals surface area contributed by atoms with Crippen molar-refractivity contribution in [1.82, 2.24) is 4.98 Å². The molecule has 1 fully saturated rings. The van der Waals surface area contributed by atoms with E-state index in [9.17, 15) is 14.9 Å². The van der Waals surface area contributed by atoms with E-state index >= 15 is 0 Å². The first-order valence-electron chi connectivity index (χ1n) is 13.3. The second-order valence-electron chi connectivity index (χ2n) is 10.5. The van der Waals surface area contributed by atoms with Gasteiger partial charge in [-0.2, -0.15) is 10.4 Å². The molecule has 0 saturated carbocycles. The molecule has 3 aliphatic carbocycles. The Bertz CT molecular complexity index is 1910. The maximum atomic E-state index is 14.5. The summed E-state index contributed by atoms with van der Waals surface area (Å²) in [5.41, 5.74) is 7.59. The fraction of sp³-hybridized carbons (Fsp3) is 0.121. The number of fused-ring (bicyclic) bond motifs is 1. The Labute approximate surface area is 239 Å². The number of para-hydroxylation sites is 2. The van der Waals surface area contributed by atoms with E-state index in [0.29, 0.717) is 10.8 Å². The van der Waals surface area contributed by atoms with Gasteiger partial charge in [0.15, 0.2) is 0 Å². The molecule has 1 saturated heterocycles. The van der Waals surface area contributed by atoms with Gasteiger partial charge >= 0.3 is 0 Å². The number of nitrogens with one attached hydrogen (secondary N) is 1. The SMILES string of the molecule is N#Cc1ccccc1N1C(=O)[C@@H]2C3c4ccccc4C(/C=N\Nc4nc5ccccc5s4)(c4ccccc43)[C@H]2C1=O. The van der Waals surface area contributed by atoms with Crippen molar-refractivity contribution < 1.29 is 9.59 Å². The van der Waals surface area contributed by atoms with Crippen molar-refractivity contribution in [3.05, 3.63) is 125 Å². The van der Waals surface area contributed by atoms with Gasteiger partial charge in [-0.1, -0.05) is 84.1 Å². The number of thiazole rings is 1.